The third kappa shape index (κ3) is 2.70. The zero-order valence-corrected chi connectivity index (χ0v) is 11.0. The monoisotopic (exact) mass is 250 g/mol. The van der Waals surface area contributed by atoms with Crippen LogP contribution in [0.1, 0.15) is 24.0 Å². The number of fused-ring (bicyclic) bond motifs is 3. The van der Waals surface area contributed by atoms with Crippen LogP contribution in [0, 0.1) is 0 Å². The number of benzene rings is 2. The van der Waals surface area contributed by atoms with Crippen LogP contribution in [0.15, 0.2) is 65.5 Å². The van der Waals surface area contributed by atoms with Crippen molar-refractivity contribution < 1.29 is 4.42 Å². The predicted octanol–water partition coefficient (Wildman–Crippen LogP) is 5.00. The van der Waals surface area contributed by atoms with Crippen LogP contribution in [0.25, 0.3) is 10.8 Å². The molecule has 3 aromatic rings. The van der Waals surface area contributed by atoms with E-state index in [0.29, 0.717) is 0 Å². The lowest BCUT2D eigenvalue weighted by atomic mass is 9.88. The molecule has 2 aromatic carbocycles. The Hall–Kier alpha value is -2.02. The fourth-order valence-corrected chi connectivity index (χ4v) is 2.75. The first kappa shape index (κ1) is 12.0. The lowest BCUT2D eigenvalue weighted by molar-refractivity contribution is 0.567. The molecule has 0 spiro atoms. The standard InChI is InChI=1S/C14H14.C4H4O/c1-3-7-13-11(5-1)9-10-12-6-2-4-8-14(12)13;1-2-4-5-3-1/h1,3,5,7,9-10H,2,4,6,8H2;1-4H. The quantitative estimate of drug-likeness (QED) is 0.547. The van der Waals surface area contributed by atoms with Gasteiger partial charge in [0.25, 0.3) is 0 Å². The van der Waals surface area contributed by atoms with E-state index in [2.05, 4.69) is 40.8 Å². The number of hydrogen-bond acceptors (Lipinski definition) is 1. The number of furan rings is 1. The Labute approximate surface area is 113 Å². The lowest BCUT2D eigenvalue weighted by Crippen LogP contribution is -2.02. The molecule has 1 aliphatic rings. The Morgan fingerprint density at radius 2 is 1.53 bits per heavy atom. The van der Waals surface area contributed by atoms with E-state index in [-0.39, 0.29) is 0 Å². The minimum absolute atomic E-state index is 1.27. The highest BCUT2D eigenvalue weighted by molar-refractivity contribution is 5.86. The molecule has 0 fully saturated rings. The fraction of sp³-hybridized carbons (Fsp3) is 0.222. The van der Waals surface area contributed by atoms with Crippen LogP contribution in [0.2, 0.25) is 0 Å². The summed E-state index contributed by atoms with van der Waals surface area (Å²) in [5.74, 6) is 0. The van der Waals surface area contributed by atoms with Crippen molar-refractivity contribution in [2.75, 3.05) is 0 Å². The van der Waals surface area contributed by atoms with Gasteiger partial charge >= 0.3 is 0 Å². The highest BCUT2D eigenvalue weighted by Gasteiger charge is 2.11. The van der Waals surface area contributed by atoms with Crippen LogP contribution < -0.4 is 0 Å². The second kappa shape index (κ2) is 5.75. The molecule has 0 N–H and O–H groups in total. The summed E-state index contributed by atoms with van der Waals surface area (Å²) in [7, 11) is 0. The van der Waals surface area contributed by atoms with E-state index in [1.165, 1.54) is 36.5 Å². The van der Waals surface area contributed by atoms with Crippen molar-refractivity contribution in [2.24, 2.45) is 0 Å². The molecule has 1 aromatic heterocycles. The summed E-state index contributed by atoms with van der Waals surface area (Å²) >= 11 is 0. The molecule has 1 heteroatoms. The third-order valence-corrected chi connectivity index (χ3v) is 3.69. The van der Waals surface area contributed by atoms with Crippen molar-refractivity contribution >= 4 is 10.8 Å². The molecule has 0 atom stereocenters. The van der Waals surface area contributed by atoms with Gasteiger partial charge in [-0.3, -0.25) is 0 Å². The summed E-state index contributed by atoms with van der Waals surface area (Å²) in [6.45, 7) is 0. The molecule has 1 nitrogen and oxygen atoms in total. The van der Waals surface area contributed by atoms with Crippen molar-refractivity contribution in [3.63, 3.8) is 0 Å². The highest BCUT2D eigenvalue weighted by Crippen LogP contribution is 2.28. The molecule has 0 radical (unpaired) electrons. The van der Waals surface area contributed by atoms with Gasteiger partial charge in [0.1, 0.15) is 0 Å². The number of rotatable bonds is 0. The van der Waals surface area contributed by atoms with Gasteiger partial charge in [0.05, 0.1) is 12.5 Å². The van der Waals surface area contributed by atoms with Gasteiger partial charge in [-0.25, -0.2) is 0 Å². The van der Waals surface area contributed by atoms with E-state index >= 15 is 0 Å². The second-order valence-corrected chi connectivity index (χ2v) is 4.92. The second-order valence-electron chi connectivity index (χ2n) is 4.92. The van der Waals surface area contributed by atoms with Gasteiger partial charge in [0, 0.05) is 0 Å². The zero-order valence-electron chi connectivity index (χ0n) is 11.0. The molecule has 0 amide bonds. The summed E-state index contributed by atoms with van der Waals surface area (Å²) in [5, 5.41) is 2.87. The van der Waals surface area contributed by atoms with Crippen LogP contribution in [0.3, 0.4) is 0 Å². The third-order valence-electron chi connectivity index (χ3n) is 3.69. The molecule has 96 valence electrons. The van der Waals surface area contributed by atoms with Gasteiger partial charge in [0.2, 0.25) is 0 Å². The van der Waals surface area contributed by atoms with Crippen LogP contribution in [0.5, 0.6) is 0 Å². The molecule has 0 saturated heterocycles. The smallest absolute Gasteiger partial charge is 0.0902 e. The van der Waals surface area contributed by atoms with E-state index in [1.54, 1.807) is 23.7 Å². The summed E-state index contributed by atoms with van der Waals surface area (Å²) in [4.78, 5) is 0. The molecule has 0 unspecified atom stereocenters. The normalized spacial score (nSPS) is 13.5. The van der Waals surface area contributed by atoms with Gasteiger partial charge in [-0.1, -0.05) is 36.4 Å². The topological polar surface area (TPSA) is 13.1 Å². The average molecular weight is 250 g/mol. The first-order valence-electron chi connectivity index (χ1n) is 6.92. The number of aryl methyl sites for hydroxylation is 2. The molecule has 0 saturated carbocycles. The minimum Gasteiger partial charge on any atom is -0.473 e. The summed E-state index contributed by atoms with van der Waals surface area (Å²) in [5.41, 5.74) is 3.18. The first-order chi connectivity index (χ1) is 9.45. The first-order valence-corrected chi connectivity index (χ1v) is 6.92. The van der Waals surface area contributed by atoms with E-state index in [0.717, 1.165) is 0 Å². The predicted molar refractivity (Wildman–Crippen MR) is 79.3 cm³/mol. The summed E-state index contributed by atoms with van der Waals surface area (Å²) in [6.07, 6.45) is 8.53. The Balaban J connectivity index is 0.000000187. The molecule has 1 heterocycles. The summed E-state index contributed by atoms with van der Waals surface area (Å²) in [6, 6.07) is 17.0. The van der Waals surface area contributed by atoms with Crippen LogP contribution in [0.4, 0.5) is 0 Å². The fourth-order valence-electron chi connectivity index (χ4n) is 2.75. The maximum absolute atomic E-state index is 4.58. The van der Waals surface area contributed by atoms with Crippen molar-refractivity contribution in [1.29, 1.82) is 0 Å². The molecule has 19 heavy (non-hydrogen) atoms. The van der Waals surface area contributed by atoms with E-state index < -0.39 is 0 Å². The maximum atomic E-state index is 4.58. The molecular weight excluding hydrogens is 232 g/mol. The largest absolute Gasteiger partial charge is 0.473 e. The highest BCUT2D eigenvalue weighted by atomic mass is 16.3. The Morgan fingerprint density at radius 3 is 2.32 bits per heavy atom. The van der Waals surface area contributed by atoms with Crippen molar-refractivity contribution in [1.82, 2.24) is 0 Å². The van der Waals surface area contributed by atoms with Gasteiger partial charge in [-0.05, 0) is 59.7 Å². The van der Waals surface area contributed by atoms with E-state index in [9.17, 15) is 0 Å². The SMILES string of the molecule is c1ccc2c3c(ccc2c1)CCCC3.c1ccoc1. The van der Waals surface area contributed by atoms with Crippen LogP contribution in [-0.2, 0) is 12.8 Å². The van der Waals surface area contributed by atoms with E-state index in [4.69, 9.17) is 0 Å². The van der Waals surface area contributed by atoms with Crippen LogP contribution >= 0.6 is 0 Å². The van der Waals surface area contributed by atoms with Crippen molar-refractivity contribution in [3.8, 4) is 0 Å². The molecule has 0 aliphatic heterocycles. The number of hydrogen-bond donors (Lipinski definition) is 0. The van der Waals surface area contributed by atoms with Gasteiger partial charge in [-0.15, -0.1) is 0 Å². The Morgan fingerprint density at radius 1 is 0.737 bits per heavy atom. The van der Waals surface area contributed by atoms with Gasteiger partial charge in [0.15, 0.2) is 0 Å². The van der Waals surface area contributed by atoms with Gasteiger partial charge in [-0.2, -0.15) is 0 Å². The maximum Gasteiger partial charge on any atom is 0.0902 e. The molecule has 0 bridgehead atoms. The summed E-state index contributed by atoms with van der Waals surface area (Å²) < 4.78 is 4.58. The molecule has 1 aliphatic carbocycles. The van der Waals surface area contributed by atoms with Crippen molar-refractivity contribution in [2.45, 2.75) is 25.7 Å². The van der Waals surface area contributed by atoms with Crippen LogP contribution in [-0.4, -0.2) is 0 Å². The van der Waals surface area contributed by atoms with E-state index in [1.807, 2.05) is 12.1 Å². The van der Waals surface area contributed by atoms with Gasteiger partial charge < -0.3 is 4.42 Å². The Bertz CT molecular complexity index is 621. The Kier molecular flexibility index (Phi) is 3.64. The minimum atomic E-state index is 1.27. The van der Waals surface area contributed by atoms with Crippen molar-refractivity contribution in [3.05, 3.63) is 72.2 Å². The molecule has 4 rings (SSSR count). The lowest BCUT2D eigenvalue weighted by Gasteiger charge is -2.17. The zero-order chi connectivity index (χ0) is 12.9. The molecular formula is C18H18O. The average Bonchev–Trinajstić information content (AvgIpc) is 3.07.